The number of H-pyrrole nitrogens is 1. The lowest BCUT2D eigenvalue weighted by Crippen LogP contribution is -2.49. The highest BCUT2D eigenvalue weighted by atomic mass is 19.4. The first-order valence-corrected chi connectivity index (χ1v) is 13.2. The van der Waals surface area contributed by atoms with Crippen molar-refractivity contribution in [2.75, 3.05) is 25.1 Å². The molecule has 2 aromatic heterocycles. The topological polar surface area (TPSA) is 134 Å². The van der Waals surface area contributed by atoms with Crippen molar-refractivity contribution in [2.24, 2.45) is 0 Å². The van der Waals surface area contributed by atoms with Crippen molar-refractivity contribution >= 4 is 17.5 Å². The average molecular weight is 582 g/mol. The van der Waals surface area contributed by atoms with Crippen LogP contribution in [0, 0.1) is 0 Å². The summed E-state index contributed by atoms with van der Waals surface area (Å²) in [6, 6.07) is 14.0. The molecule has 0 saturated carbocycles. The molecular weight excluding hydrogens is 555 g/mol. The number of halogens is 3. The third-order valence-electron chi connectivity index (χ3n) is 7.08. The maximum absolute atomic E-state index is 13.2. The van der Waals surface area contributed by atoms with E-state index in [1.165, 1.54) is 9.58 Å². The number of carbonyl (C=O) groups is 2. The van der Waals surface area contributed by atoms with Crippen LogP contribution < -0.4 is 15.0 Å². The minimum Gasteiger partial charge on any atom is -0.489 e. The largest absolute Gasteiger partial charge is 0.489 e. The fourth-order valence-electron chi connectivity index (χ4n) is 4.94. The molecule has 4 heterocycles. The van der Waals surface area contributed by atoms with Gasteiger partial charge in [-0.05, 0) is 23.3 Å². The van der Waals surface area contributed by atoms with Crippen LogP contribution in [-0.2, 0) is 37.0 Å². The Labute approximate surface area is 237 Å². The summed E-state index contributed by atoms with van der Waals surface area (Å²) in [5.41, 5.74) is 2.37. The number of fused-ring (bicyclic) bond motifs is 2. The normalized spacial score (nSPS) is 17.3. The molecule has 218 valence electrons. The molecule has 2 aliphatic rings. The Kier molecular flexibility index (Phi) is 7.10. The molecule has 12 nitrogen and oxygen atoms in total. The minimum atomic E-state index is -4.59. The van der Waals surface area contributed by atoms with E-state index in [1.54, 1.807) is 19.2 Å². The summed E-state index contributed by atoms with van der Waals surface area (Å²) in [5, 5.41) is 13.0. The van der Waals surface area contributed by atoms with E-state index in [0.29, 0.717) is 36.8 Å². The molecule has 1 unspecified atom stereocenters. The third kappa shape index (κ3) is 5.68. The monoisotopic (exact) mass is 581 g/mol. The molecule has 0 bridgehead atoms. The summed E-state index contributed by atoms with van der Waals surface area (Å²) in [7, 11) is 1.59. The van der Waals surface area contributed by atoms with Crippen LogP contribution in [-0.4, -0.2) is 72.9 Å². The molecule has 2 N–H and O–H groups in total. The van der Waals surface area contributed by atoms with Gasteiger partial charge in [-0.3, -0.25) is 19.6 Å². The van der Waals surface area contributed by atoms with Crippen LogP contribution in [0.3, 0.4) is 0 Å². The lowest BCUT2D eigenvalue weighted by Gasteiger charge is -2.27. The number of benzene rings is 2. The number of aromatic amines is 1. The molecule has 0 saturated heterocycles. The van der Waals surface area contributed by atoms with Gasteiger partial charge in [0, 0.05) is 26.6 Å². The highest BCUT2D eigenvalue weighted by Gasteiger charge is 2.38. The van der Waals surface area contributed by atoms with Crippen LogP contribution in [0.25, 0.3) is 0 Å². The number of ether oxygens (including phenoxy) is 1. The van der Waals surface area contributed by atoms with E-state index in [4.69, 9.17) is 4.74 Å². The summed E-state index contributed by atoms with van der Waals surface area (Å²) in [6.45, 7) is 1.31. The van der Waals surface area contributed by atoms with E-state index < -0.39 is 23.9 Å². The summed E-state index contributed by atoms with van der Waals surface area (Å²) < 4.78 is 46.3. The van der Waals surface area contributed by atoms with Crippen molar-refractivity contribution < 1.29 is 27.5 Å². The van der Waals surface area contributed by atoms with Gasteiger partial charge in [0.15, 0.2) is 0 Å². The maximum atomic E-state index is 13.2. The zero-order valence-corrected chi connectivity index (χ0v) is 22.4. The zero-order chi connectivity index (χ0) is 29.4. The van der Waals surface area contributed by atoms with Gasteiger partial charge < -0.3 is 15.0 Å². The molecule has 15 heteroatoms. The van der Waals surface area contributed by atoms with Gasteiger partial charge in [0.1, 0.15) is 30.0 Å². The van der Waals surface area contributed by atoms with Crippen LogP contribution in [0.1, 0.15) is 39.2 Å². The van der Waals surface area contributed by atoms with Gasteiger partial charge in [-0.1, -0.05) is 36.4 Å². The van der Waals surface area contributed by atoms with E-state index in [9.17, 15) is 22.8 Å². The molecule has 0 spiro atoms. The number of alkyl halides is 3. The zero-order valence-electron chi connectivity index (χ0n) is 22.4. The molecule has 1 atom stereocenters. The van der Waals surface area contributed by atoms with Crippen LogP contribution in [0.2, 0.25) is 0 Å². The van der Waals surface area contributed by atoms with Crippen LogP contribution in [0.5, 0.6) is 5.75 Å². The van der Waals surface area contributed by atoms with E-state index in [-0.39, 0.29) is 37.3 Å². The molecule has 42 heavy (non-hydrogen) atoms. The predicted molar refractivity (Wildman–Crippen MR) is 141 cm³/mol. The second-order valence-corrected chi connectivity index (χ2v) is 10.1. The van der Waals surface area contributed by atoms with E-state index in [2.05, 4.69) is 30.6 Å². The quantitative estimate of drug-likeness (QED) is 0.354. The summed E-state index contributed by atoms with van der Waals surface area (Å²) in [6.07, 6.45) is -4.12. The van der Waals surface area contributed by atoms with Crippen molar-refractivity contribution in [3.63, 3.8) is 0 Å². The first-order valence-electron chi connectivity index (χ1n) is 13.2. The van der Waals surface area contributed by atoms with E-state index >= 15 is 0 Å². The Bertz CT molecular complexity index is 1620. The first-order chi connectivity index (χ1) is 20.1. The maximum Gasteiger partial charge on any atom is 0.453 e. The van der Waals surface area contributed by atoms with Gasteiger partial charge in [-0.2, -0.15) is 13.2 Å². The van der Waals surface area contributed by atoms with E-state index in [1.807, 2.05) is 41.3 Å². The number of amides is 2. The van der Waals surface area contributed by atoms with Crippen LogP contribution in [0.4, 0.5) is 18.9 Å². The van der Waals surface area contributed by atoms with Gasteiger partial charge >= 0.3 is 6.18 Å². The van der Waals surface area contributed by atoms with Crippen molar-refractivity contribution in [1.29, 1.82) is 0 Å². The van der Waals surface area contributed by atoms with Crippen molar-refractivity contribution in [1.82, 2.24) is 40.2 Å². The fraction of sp³-hybridized carbons (Fsp3) is 0.333. The van der Waals surface area contributed by atoms with Gasteiger partial charge in [-0.25, -0.2) is 14.6 Å². The summed E-state index contributed by atoms with van der Waals surface area (Å²) >= 11 is 0. The third-order valence-corrected chi connectivity index (χ3v) is 7.08. The molecule has 0 fully saturated rings. The summed E-state index contributed by atoms with van der Waals surface area (Å²) in [5.74, 6) is -0.987. The van der Waals surface area contributed by atoms with Gasteiger partial charge in [0.05, 0.1) is 18.8 Å². The highest BCUT2D eigenvalue weighted by Crippen LogP contribution is 2.33. The molecular formula is C27H26F3N9O3. The number of aromatic nitrogens is 6. The summed E-state index contributed by atoms with van der Waals surface area (Å²) in [4.78, 5) is 37.4. The van der Waals surface area contributed by atoms with Crippen molar-refractivity contribution in [3.8, 4) is 5.75 Å². The fourth-order valence-corrected chi connectivity index (χ4v) is 4.94. The van der Waals surface area contributed by atoms with Gasteiger partial charge in [-0.15, -0.1) is 10.2 Å². The number of nitrogens with zero attached hydrogens (tertiary/aromatic N) is 7. The second kappa shape index (κ2) is 10.9. The lowest BCUT2D eigenvalue weighted by molar-refractivity contribution is -0.145. The SMILES string of the molecule is CN1C(=O)C(NC(=O)c2n[nH]c(Cc3ccccc3)n2)COc2cc(CN3CCn4nc(C(F)(F)F)nc4C3)ccc21. The Morgan fingerprint density at radius 2 is 1.93 bits per heavy atom. The number of hydrogen-bond donors (Lipinski definition) is 2. The average Bonchev–Trinajstić information content (AvgIpc) is 3.60. The Hall–Kier alpha value is -4.79. The highest BCUT2D eigenvalue weighted by molar-refractivity contribution is 6.02. The minimum absolute atomic E-state index is 0.0832. The number of rotatable bonds is 6. The van der Waals surface area contributed by atoms with Crippen molar-refractivity contribution in [2.45, 2.75) is 38.3 Å². The van der Waals surface area contributed by atoms with Crippen LogP contribution >= 0.6 is 0 Å². The first kappa shape index (κ1) is 27.4. The number of hydrogen-bond acceptors (Lipinski definition) is 8. The molecule has 0 radical (unpaired) electrons. The number of nitrogens with one attached hydrogen (secondary N) is 2. The Balaban J connectivity index is 1.10. The predicted octanol–water partition coefficient (Wildman–Crippen LogP) is 2.18. The Morgan fingerprint density at radius 1 is 1.12 bits per heavy atom. The molecule has 2 aromatic carbocycles. The van der Waals surface area contributed by atoms with Gasteiger partial charge in [0.2, 0.25) is 5.82 Å². The lowest BCUT2D eigenvalue weighted by atomic mass is 10.1. The molecule has 6 rings (SSSR count). The van der Waals surface area contributed by atoms with Crippen molar-refractivity contribution in [3.05, 3.63) is 83.0 Å². The second-order valence-electron chi connectivity index (χ2n) is 10.1. The number of likely N-dealkylation sites (N-methyl/N-ethyl adjacent to an activating group) is 1. The molecule has 0 aliphatic carbocycles. The molecule has 2 amide bonds. The smallest absolute Gasteiger partial charge is 0.453 e. The Morgan fingerprint density at radius 3 is 2.71 bits per heavy atom. The van der Waals surface area contributed by atoms with E-state index in [0.717, 1.165) is 11.1 Å². The molecule has 4 aromatic rings. The molecule has 2 aliphatic heterocycles. The van der Waals surface area contributed by atoms with Crippen LogP contribution in [0.15, 0.2) is 48.5 Å². The standard InChI is InChI=1S/C27H26F3N9O3/c1-37-19-8-7-17(13-38-9-10-39-22(14-38)33-26(36-39)27(28,29)30)11-20(19)42-15-18(25(37)41)31-24(40)23-32-21(34-35-23)12-16-5-3-2-4-6-16/h2-8,11,18H,9-10,12-15H2,1H3,(H,31,40)(H,32,34,35). The van der Waals surface area contributed by atoms with Gasteiger partial charge in [0.25, 0.3) is 17.6 Å². The number of anilines is 1. The number of carbonyl (C=O) groups excluding carboxylic acids is 2.